The zero-order valence-electron chi connectivity index (χ0n) is 9.82. The van der Waals surface area contributed by atoms with Gasteiger partial charge in [0.05, 0.1) is 12.2 Å². The van der Waals surface area contributed by atoms with Gasteiger partial charge in [0.15, 0.2) is 0 Å². The van der Waals surface area contributed by atoms with E-state index in [4.69, 9.17) is 0 Å². The number of fused-ring (bicyclic) bond motifs is 3. The number of aliphatic hydroxyl groups excluding tert-OH is 1. The lowest BCUT2D eigenvalue weighted by atomic mass is 9.50. The smallest absolute Gasteiger partial charge is 0.0826 e. The molecule has 2 nitrogen and oxygen atoms in total. The molecule has 92 valence electrons. The van der Waals surface area contributed by atoms with Crippen molar-refractivity contribution in [1.29, 1.82) is 0 Å². The highest BCUT2D eigenvalue weighted by atomic mass is 32.2. The van der Waals surface area contributed by atoms with E-state index in [1.807, 2.05) is 11.8 Å². The molecule has 4 fully saturated rings. The van der Waals surface area contributed by atoms with Crippen molar-refractivity contribution in [2.45, 2.75) is 44.1 Å². The molecule has 3 aliphatic carbocycles. The van der Waals surface area contributed by atoms with Crippen molar-refractivity contribution in [1.82, 2.24) is 0 Å². The van der Waals surface area contributed by atoms with Crippen LogP contribution in [-0.2, 0) is 0 Å². The summed E-state index contributed by atoms with van der Waals surface area (Å²) in [5.74, 6) is 3.25. The fraction of sp³-hybridized carbons (Fsp3) is 1.00. The Labute approximate surface area is 102 Å². The van der Waals surface area contributed by atoms with Crippen molar-refractivity contribution in [3.63, 3.8) is 0 Å². The minimum atomic E-state index is -0.573. The Kier molecular flexibility index (Phi) is 2.76. The number of hydrogen-bond donors (Lipinski definition) is 2. The van der Waals surface area contributed by atoms with Crippen LogP contribution in [0, 0.1) is 17.3 Å². The summed E-state index contributed by atoms with van der Waals surface area (Å²) in [7, 11) is 0. The van der Waals surface area contributed by atoms with Crippen LogP contribution in [0.25, 0.3) is 0 Å². The van der Waals surface area contributed by atoms with E-state index in [1.165, 1.54) is 25.7 Å². The number of hydrogen-bond acceptors (Lipinski definition) is 3. The molecule has 2 unspecified atom stereocenters. The molecule has 4 rings (SSSR count). The first-order valence-corrected chi connectivity index (χ1v) is 7.77. The van der Waals surface area contributed by atoms with Gasteiger partial charge in [-0.25, -0.2) is 0 Å². The molecule has 16 heavy (non-hydrogen) atoms. The number of rotatable bonds is 2. The zero-order valence-corrected chi connectivity index (χ0v) is 10.6. The molecule has 3 heteroatoms. The van der Waals surface area contributed by atoms with Gasteiger partial charge in [-0.15, -0.1) is 0 Å². The average Bonchev–Trinajstić information content (AvgIpc) is 2.79. The Bertz CT molecular complexity index is 267. The first kappa shape index (κ1) is 11.4. The minimum absolute atomic E-state index is 0.155. The highest BCUT2D eigenvalue weighted by Gasteiger charge is 2.59. The largest absolute Gasteiger partial charge is 0.396 e. The van der Waals surface area contributed by atoms with Crippen molar-refractivity contribution in [2.75, 3.05) is 18.1 Å². The average molecular weight is 242 g/mol. The summed E-state index contributed by atoms with van der Waals surface area (Å²) in [6.07, 6.45) is 7.09. The lowest BCUT2D eigenvalue weighted by molar-refractivity contribution is -0.170. The van der Waals surface area contributed by atoms with Crippen LogP contribution in [0.2, 0.25) is 0 Å². The maximum Gasteiger partial charge on any atom is 0.0826 e. The Morgan fingerprint density at radius 2 is 1.94 bits per heavy atom. The van der Waals surface area contributed by atoms with E-state index in [1.54, 1.807) is 0 Å². The van der Waals surface area contributed by atoms with Gasteiger partial charge in [0, 0.05) is 11.2 Å². The number of thioether (sulfide) groups is 1. The second kappa shape index (κ2) is 3.89. The maximum absolute atomic E-state index is 10.9. The van der Waals surface area contributed by atoms with Gasteiger partial charge in [0.1, 0.15) is 0 Å². The molecule has 4 aliphatic rings. The van der Waals surface area contributed by atoms with Crippen LogP contribution >= 0.6 is 11.8 Å². The molecule has 3 saturated carbocycles. The predicted molar refractivity (Wildman–Crippen MR) is 66.5 cm³/mol. The van der Waals surface area contributed by atoms with Crippen molar-refractivity contribution < 1.29 is 10.2 Å². The molecule has 2 atom stereocenters. The summed E-state index contributed by atoms with van der Waals surface area (Å²) >= 11 is 1.85. The predicted octanol–water partition coefficient (Wildman–Crippen LogP) is 2.04. The second-order valence-corrected chi connectivity index (χ2v) is 7.18. The molecule has 2 N–H and O–H groups in total. The Morgan fingerprint density at radius 3 is 2.38 bits per heavy atom. The highest BCUT2D eigenvalue weighted by molar-refractivity contribution is 7.99. The SMILES string of the molecule is OCC1(C2(O)CCSC2)CC2CCC1CC2. The molecule has 0 aromatic carbocycles. The second-order valence-electron chi connectivity index (χ2n) is 6.07. The van der Waals surface area contributed by atoms with E-state index in [0.717, 1.165) is 30.3 Å². The van der Waals surface area contributed by atoms with Crippen LogP contribution < -0.4 is 0 Å². The molecule has 2 bridgehead atoms. The molecule has 0 aromatic rings. The molecule has 1 saturated heterocycles. The van der Waals surface area contributed by atoms with E-state index in [9.17, 15) is 10.2 Å². The van der Waals surface area contributed by atoms with Gasteiger partial charge in [-0.05, 0) is 43.3 Å². The lowest BCUT2D eigenvalue weighted by Gasteiger charge is -2.57. The summed E-state index contributed by atoms with van der Waals surface area (Å²) in [6.45, 7) is 0.200. The molecule has 0 radical (unpaired) electrons. The molecule has 0 aromatic heterocycles. The zero-order chi connectivity index (χ0) is 11.2. The van der Waals surface area contributed by atoms with Gasteiger partial charge >= 0.3 is 0 Å². The standard InChI is InChI=1S/C13H22O2S/c14-8-12(13(15)5-6-16-9-13)7-10-1-3-11(12)4-2-10/h10-11,14-15H,1-9H2. The van der Waals surface area contributed by atoms with Gasteiger partial charge in [-0.1, -0.05) is 12.8 Å². The van der Waals surface area contributed by atoms with Crippen molar-refractivity contribution in [3.8, 4) is 0 Å². The van der Waals surface area contributed by atoms with Crippen LogP contribution in [0.15, 0.2) is 0 Å². The summed E-state index contributed by atoms with van der Waals surface area (Å²) < 4.78 is 0. The molecule has 1 heterocycles. The Balaban J connectivity index is 1.93. The van der Waals surface area contributed by atoms with Gasteiger partial charge in [0.2, 0.25) is 0 Å². The Hall–Kier alpha value is 0.270. The van der Waals surface area contributed by atoms with E-state index < -0.39 is 5.60 Å². The van der Waals surface area contributed by atoms with Crippen molar-refractivity contribution in [2.24, 2.45) is 17.3 Å². The number of aliphatic hydroxyl groups is 2. The molecule has 0 amide bonds. The minimum Gasteiger partial charge on any atom is -0.396 e. The van der Waals surface area contributed by atoms with Gasteiger partial charge < -0.3 is 10.2 Å². The summed E-state index contributed by atoms with van der Waals surface area (Å²) in [6, 6.07) is 0. The summed E-state index contributed by atoms with van der Waals surface area (Å²) in [5.41, 5.74) is -0.728. The molecule has 1 aliphatic heterocycles. The van der Waals surface area contributed by atoms with Gasteiger partial charge in [0.25, 0.3) is 0 Å². The van der Waals surface area contributed by atoms with Crippen molar-refractivity contribution >= 4 is 11.8 Å². The molecule has 0 spiro atoms. The third-order valence-electron chi connectivity index (χ3n) is 5.49. The molecular formula is C13H22O2S. The summed E-state index contributed by atoms with van der Waals surface area (Å²) in [4.78, 5) is 0. The van der Waals surface area contributed by atoms with Crippen LogP contribution in [-0.4, -0.2) is 33.9 Å². The van der Waals surface area contributed by atoms with Crippen LogP contribution in [0.5, 0.6) is 0 Å². The first-order chi connectivity index (χ1) is 7.70. The topological polar surface area (TPSA) is 40.5 Å². The van der Waals surface area contributed by atoms with E-state index in [-0.39, 0.29) is 12.0 Å². The van der Waals surface area contributed by atoms with E-state index in [2.05, 4.69) is 0 Å². The van der Waals surface area contributed by atoms with E-state index in [0.29, 0.717) is 5.92 Å². The highest BCUT2D eigenvalue weighted by Crippen LogP contribution is 2.59. The quantitative estimate of drug-likeness (QED) is 0.778. The Morgan fingerprint density at radius 1 is 1.19 bits per heavy atom. The van der Waals surface area contributed by atoms with Gasteiger partial charge in [-0.2, -0.15) is 11.8 Å². The first-order valence-electron chi connectivity index (χ1n) is 6.61. The third kappa shape index (κ3) is 1.41. The molecular weight excluding hydrogens is 220 g/mol. The van der Waals surface area contributed by atoms with Crippen LogP contribution in [0.3, 0.4) is 0 Å². The summed E-state index contributed by atoms with van der Waals surface area (Å²) in [5, 5.41) is 20.8. The maximum atomic E-state index is 10.9. The monoisotopic (exact) mass is 242 g/mol. The van der Waals surface area contributed by atoms with Gasteiger partial charge in [-0.3, -0.25) is 0 Å². The van der Waals surface area contributed by atoms with Crippen molar-refractivity contribution in [3.05, 3.63) is 0 Å². The fourth-order valence-corrected chi connectivity index (χ4v) is 5.85. The van der Waals surface area contributed by atoms with Crippen LogP contribution in [0.1, 0.15) is 38.5 Å². The fourth-order valence-electron chi connectivity index (χ4n) is 4.46. The lowest BCUT2D eigenvalue weighted by Crippen LogP contribution is -2.59. The normalized spacial score (nSPS) is 52.1. The van der Waals surface area contributed by atoms with E-state index >= 15 is 0 Å². The third-order valence-corrected chi connectivity index (χ3v) is 6.67. The van der Waals surface area contributed by atoms with Crippen LogP contribution in [0.4, 0.5) is 0 Å².